The Morgan fingerprint density at radius 3 is 2.31 bits per heavy atom. The van der Waals surface area contributed by atoms with Gasteiger partial charge < -0.3 is 0 Å². The predicted octanol–water partition coefficient (Wildman–Crippen LogP) is 1.79. The molecule has 0 radical (unpaired) electrons. The molecule has 0 amide bonds. The summed E-state index contributed by atoms with van der Waals surface area (Å²) in [7, 11) is -3.62. The largest absolute Gasteiger partial charge is 0.290 e. The van der Waals surface area contributed by atoms with Gasteiger partial charge in [0.2, 0.25) is 0 Å². The lowest BCUT2D eigenvalue weighted by Gasteiger charge is -1.96. The van der Waals surface area contributed by atoms with Crippen LogP contribution in [0.2, 0.25) is 0 Å². The minimum Gasteiger partial charge on any atom is -0.199 e. The van der Waals surface area contributed by atoms with Gasteiger partial charge in [0.15, 0.2) is 0 Å². The molecule has 0 aromatic heterocycles. The van der Waals surface area contributed by atoms with Gasteiger partial charge in [-0.2, -0.15) is 8.42 Å². The summed E-state index contributed by atoms with van der Waals surface area (Å²) in [6.45, 7) is 1.87. The van der Waals surface area contributed by atoms with Crippen LogP contribution in [0, 0.1) is 6.92 Å². The first-order valence-corrected chi connectivity index (χ1v) is 5.32. The summed E-state index contributed by atoms with van der Waals surface area (Å²) in [5.41, 5.74) is 0.991. The maximum absolute atomic E-state index is 11.2. The first-order chi connectivity index (χ1) is 6.06. The summed E-state index contributed by atoms with van der Waals surface area (Å²) in [6.07, 6.45) is 0. The molecule has 1 aromatic rings. The maximum atomic E-state index is 11.2. The molecule has 0 N–H and O–H groups in total. The molecule has 0 unspecified atom stereocenters. The molecule has 0 heterocycles. The van der Waals surface area contributed by atoms with Crippen molar-refractivity contribution >= 4 is 27.4 Å². The summed E-state index contributed by atoms with van der Waals surface area (Å²) in [5, 5.41) is 1.84. The minimum atomic E-state index is -3.62. The fraction of sp³-hybridized carbons (Fsp3) is 0.125. The summed E-state index contributed by atoms with van der Waals surface area (Å²) >= 11 is 4.23. The van der Waals surface area contributed by atoms with Gasteiger partial charge in [-0.05, 0) is 31.3 Å². The van der Waals surface area contributed by atoms with Crippen LogP contribution < -0.4 is 0 Å². The Bertz CT molecular complexity index is 442. The second kappa shape index (κ2) is 3.79. The molecule has 0 aliphatic carbocycles. The highest BCUT2D eigenvalue weighted by molar-refractivity contribution is 7.91. The molecule has 1 rings (SSSR count). The Balaban J connectivity index is 3.24. The zero-order chi connectivity index (χ0) is 9.90. The SMILES string of the molecule is Cc1ccc(S(=O)(=O)N=C=S)cc1. The maximum Gasteiger partial charge on any atom is 0.290 e. The molecule has 1 aromatic carbocycles. The van der Waals surface area contributed by atoms with Crippen LogP contribution in [0.3, 0.4) is 0 Å². The molecule has 0 saturated carbocycles. The van der Waals surface area contributed by atoms with Crippen LogP contribution in [0.5, 0.6) is 0 Å². The third-order valence-electron chi connectivity index (χ3n) is 1.48. The van der Waals surface area contributed by atoms with Gasteiger partial charge in [-0.3, -0.25) is 0 Å². The summed E-state index contributed by atoms with van der Waals surface area (Å²) in [5.74, 6) is 0. The molecule has 0 atom stereocenters. The van der Waals surface area contributed by atoms with Gasteiger partial charge in [0, 0.05) is 0 Å². The highest BCUT2D eigenvalue weighted by atomic mass is 32.2. The van der Waals surface area contributed by atoms with Crippen LogP contribution in [0.4, 0.5) is 0 Å². The number of sulfonamides is 1. The standard InChI is InChI=1S/C8H7NO2S2/c1-7-2-4-8(5-3-7)13(10,11)9-6-12/h2-5H,1H3. The van der Waals surface area contributed by atoms with E-state index in [-0.39, 0.29) is 4.90 Å². The Morgan fingerprint density at radius 2 is 1.85 bits per heavy atom. The third-order valence-corrected chi connectivity index (χ3v) is 2.88. The predicted molar refractivity (Wildman–Crippen MR) is 53.4 cm³/mol. The normalized spacial score (nSPS) is 10.5. The van der Waals surface area contributed by atoms with E-state index in [0.29, 0.717) is 0 Å². The Kier molecular flexibility index (Phi) is 2.93. The monoisotopic (exact) mass is 213 g/mol. The first kappa shape index (κ1) is 10.1. The zero-order valence-electron chi connectivity index (χ0n) is 6.89. The Hall–Kier alpha value is -1.03. The van der Waals surface area contributed by atoms with E-state index in [2.05, 4.69) is 16.6 Å². The Morgan fingerprint density at radius 1 is 1.31 bits per heavy atom. The van der Waals surface area contributed by atoms with E-state index in [1.54, 1.807) is 12.1 Å². The average molecular weight is 213 g/mol. The lowest BCUT2D eigenvalue weighted by atomic mass is 10.2. The van der Waals surface area contributed by atoms with Crippen LogP contribution in [0.25, 0.3) is 0 Å². The highest BCUT2D eigenvalue weighted by Gasteiger charge is 2.10. The zero-order valence-corrected chi connectivity index (χ0v) is 8.52. The van der Waals surface area contributed by atoms with E-state index < -0.39 is 10.0 Å². The fourth-order valence-corrected chi connectivity index (χ4v) is 1.79. The summed E-state index contributed by atoms with van der Waals surface area (Å²) in [6, 6.07) is 6.37. The van der Waals surface area contributed by atoms with Crippen LogP contribution >= 0.6 is 12.2 Å². The lowest BCUT2D eigenvalue weighted by Crippen LogP contribution is -1.95. The highest BCUT2D eigenvalue weighted by Crippen LogP contribution is 2.12. The first-order valence-electron chi connectivity index (χ1n) is 3.47. The van der Waals surface area contributed by atoms with E-state index in [9.17, 15) is 8.42 Å². The van der Waals surface area contributed by atoms with Gasteiger partial charge in [0.05, 0.1) is 10.1 Å². The van der Waals surface area contributed by atoms with E-state index in [0.717, 1.165) is 5.56 Å². The smallest absolute Gasteiger partial charge is 0.199 e. The van der Waals surface area contributed by atoms with E-state index in [4.69, 9.17) is 0 Å². The van der Waals surface area contributed by atoms with Crippen LogP contribution in [-0.2, 0) is 10.0 Å². The topological polar surface area (TPSA) is 46.5 Å². The quantitative estimate of drug-likeness (QED) is 0.555. The van der Waals surface area contributed by atoms with Crippen LogP contribution in [0.1, 0.15) is 5.56 Å². The van der Waals surface area contributed by atoms with Crippen LogP contribution in [-0.4, -0.2) is 13.6 Å². The van der Waals surface area contributed by atoms with Crippen molar-refractivity contribution in [1.82, 2.24) is 0 Å². The van der Waals surface area contributed by atoms with E-state index in [1.165, 1.54) is 12.1 Å². The molecule has 0 aliphatic heterocycles. The molecule has 5 heteroatoms. The number of isothiocyanates is 1. The second-order valence-corrected chi connectivity index (χ2v) is 4.26. The molecule has 68 valence electrons. The molecular formula is C8H7NO2S2. The van der Waals surface area contributed by atoms with Crippen LogP contribution in [0.15, 0.2) is 33.6 Å². The van der Waals surface area contributed by atoms with E-state index >= 15 is 0 Å². The molecule has 0 bridgehead atoms. The van der Waals surface area contributed by atoms with E-state index in [1.807, 2.05) is 12.1 Å². The second-order valence-electron chi connectivity index (χ2n) is 2.47. The molecule has 13 heavy (non-hydrogen) atoms. The van der Waals surface area contributed by atoms with Crippen molar-refractivity contribution in [1.29, 1.82) is 0 Å². The molecule has 0 spiro atoms. The van der Waals surface area contributed by atoms with Crippen molar-refractivity contribution in [3.8, 4) is 0 Å². The molecule has 0 fully saturated rings. The molecule has 3 nitrogen and oxygen atoms in total. The van der Waals surface area contributed by atoms with Gasteiger partial charge in [0.1, 0.15) is 0 Å². The van der Waals surface area contributed by atoms with Crippen molar-refractivity contribution < 1.29 is 8.42 Å². The molecular weight excluding hydrogens is 206 g/mol. The van der Waals surface area contributed by atoms with Crippen molar-refractivity contribution in [3.05, 3.63) is 29.8 Å². The van der Waals surface area contributed by atoms with Crippen molar-refractivity contribution in [2.75, 3.05) is 0 Å². The number of rotatable bonds is 2. The van der Waals surface area contributed by atoms with Crippen molar-refractivity contribution in [3.63, 3.8) is 0 Å². The summed E-state index contributed by atoms with van der Waals surface area (Å²) < 4.78 is 25.6. The van der Waals surface area contributed by atoms with Gasteiger partial charge in [-0.25, -0.2) is 0 Å². The number of hydrogen-bond acceptors (Lipinski definition) is 3. The van der Waals surface area contributed by atoms with Gasteiger partial charge in [0.25, 0.3) is 10.0 Å². The number of benzene rings is 1. The lowest BCUT2D eigenvalue weighted by molar-refractivity contribution is 0.598. The van der Waals surface area contributed by atoms with Crippen molar-refractivity contribution in [2.45, 2.75) is 11.8 Å². The molecule has 0 aliphatic rings. The van der Waals surface area contributed by atoms with Gasteiger partial charge in [-0.15, -0.1) is 4.40 Å². The summed E-state index contributed by atoms with van der Waals surface area (Å²) in [4.78, 5) is 0.135. The fourth-order valence-electron chi connectivity index (χ4n) is 0.812. The van der Waals surface area contributed by atoms with Crippen molar-refractivity contribution in [2.24, 2.45) is 4.40 Å². The number of aryl methyl sites for hydroxylation is 1. The Labute approximate surface area is 82.2 Å². The van der Waals surface area contributed by atoms with Gasteiger partial charge >= 0.3 is 0 Å². The number of hydrogen-bond donors (Lipinski definition) is 0. The number of thiocarbonyl (C=S) groups is 1. The third kappa shape index (κ3) is 2.45. The van der Waals surface area contributed by atoms with Gasteiger partial charge in [-0.1, -0.05) is 17.7 Å². The number of nitrogens with zero attached hydrogens (tertiary/aromatic N) is 1. The average Bonchev–Trinajstić information content (AvgIpc) is 2.05. The minimum absolute atomic E-state index is 0.135. The molecule has 0 saturated heterocycles.